The van der Waals surface area contributed by atoms with E-state index in [1.165, 1.54) is 6.20 Å². The van der Waals surface area contributed by atoms with Crippen LogP contribution in [0.1, 0.15) is 58.5 Å². The lowest BCUT2D eigenvalue weighted by atomic mass is 9.82. The third-order valence-electron chi connectivity index (χ3n) is 6.39. The van der Waals surface area contributed by atoms with Crippen molar-refractivity contribution >= 4 is 38.6 Å². The highest BCUT2D eigenvalue weighted by Crippen LogP contribution is 2.40. The van der Waals surface area contributed by atoms with Crippen molar-refractivity contribution in [1.82, 2.24) is 25.4 Å². The van der Waals surface area contributed by atoms with Crippen molar-refractivity contribution in [1.29, 1.82) is 0 Å². The van der Waals surface area contributed by atoms with Gasteiger partial charge in [0, 0.05) is 41.1 Å². The molecule has 2 fully saturated rings. The number of aromatic nitrogens is 3. The molecule has 36 heavy (non-hydrogen) atoms. The lowest BCUT2D eigenvalue weighted by molar-refractivity contribution is -0.352. The predicted molar refractivity (Wildman–Crippen MR) is 123 cm³/mol. The maximum Gasteiger partial charge on any atom is 0.522 e. The van der Waals surface area contributed by atoms with E-state index in [2.05, 4.69) is 41.2 Å². The van der Waals surface area contributed by atoms with Crippen molar-refractivity contribution < 1.29 is 31.9 Å². The van der Waals surface area contributed by atoms with Crippen molar-refractivity contribution in [2.75, 3.05) is 13.1 Å². The molecule has 0 bridgehead atoms. The number of hydrogen-bond acceptors (Lipinski definition) is 7. The first-order valence-corrected chi connectivity index (χ1v) is 12.2. The quantitative estimate of drug-likeness (QED) is 0.492. The fourth-order valence-electron chi connectivity index (χ4n) is 4.40. The van der Waals surface area contributed by atoms with Crippen molar-refractivity contribution in [2.45, 2.75) is 50.1 Å². The van der Waals surface area contributed by atoms with Crippen LogP contribution in [0.15, 0.2) is 39.4 Å². The molecule has 1 saturated heterocycles. The zero-order chi connectivity index (χ0) is 25.4. The van der Waals surface area contributed by atoms with Crippen LogP contribution in [0.25, 0.3) is 10.9 Å². The molecule has 9 nitrogen and oxygen atoms in total. The summed E-state index contributed by atoms with van der Waals surface area (Å²) in [6, 6.07) is 7.32. The minimum atomic E-state index is -4.68. The Kier molecular flexibility index (Phi) is 6.68. The number of carbonyl (C=O) groups is 2. The van der Waals surface area contributed by atoms with E-state index in [0.717, 1.165) is 15.4 Å². The number of nitrogens with zero attached hydrogens (tertiary/aromatic N) is 4. The molecule has 1 saturated carbocycles. The Balaban J connectivity index is 1.11. The maximum absolute atomic E-state index is 12.8. The average Bonchev–Trinajstić information content (AvgIpc) is 3.29. The summed E-state index contributed by atoms with van der Waals surface area (Å²) < 4.78 is 47.1. The highest BCUT2D eigenvalue weighted by Gasteiger charge is 2.43. The number of alkyl halides is 3. The molecule has 1 aromatic carbocycles. The van der Waals surface area contributed by atoms with Gasteiger partial charge >= 0.3 is 18.2 Å². The SMILES string of the molecule is O=C(NC1CCN(C(=O)c2nnc(C3CC(OC(F)(F)F)C3)o2)CC1)c1cnc2ccc(Br)cc2c1. The second-order valence-corrected chi connectivity index (χ2v) is 9.82. The van der Waals surface area contributed by atoms with Gasteiger partial charge in [0.15, 0.2) is 0 Å². The van der Waals surface area contributed by atoms with E-state index in [1.807, 2.05) is 18.2 Å². The third kappa shape index (κ3) is 5.51. The van der Waals surface area contributed by atoms with Crippen LogP contribution in [0.5, 0.6) is 0 Å². The Bertz CT molecular complexity index is 1290. The van der Waals surface area contributed by atoms with Gasteiger partial charge in [0.1, 0.15) is 0 Å². The third-order valence-corrected chi connectivity index (χ3v) is 6.88. The number of pyridine rings is 1. The summed E-state index contributed by atoms with van der Waals surface area (Å²) in [6.45, 7) is 0.769. The first-order chi connectivity index (χ1) is 17.1. The van der Waals surface area contributed by atoms with Crippen molar-refractivity contribution in [3.63, 3.8) is 0 Å². The van der Waals surface area contributed by atoms with Gasteiger partial charge in [-0.1, -0.05) is 15.9 Å². The van der Waals surface area contributed by atoms with Crippen LogP contribution >= 0.6 is 15.9 Å². The van der Waals surface area contributed by atoms with E-state index in [4.69, 9.17) is 4.42 Å². The first-order valence-electron chi connectivity index (χ1n) is 11.4. The molecule has 0 unspecified atom stereocenters. The summed E-state index contributed by atoms with van der Waals surface area (Å²) in [5, 5.41) is 11.5. The predicted octanol–water partition coefficient (Wildman–Crippen LogP) is 4.20. The van der Waals surface area contributed by atoms with E-state index < -0.39 is 18.4 Å². The van der Waals surface area contributed by atoms with E-state index in [-0.39, 0.29) is 42.5 Å². The molecule has 1 aliphatic carbocycles. The highest BCUT2D eigenvalue weighted by atomic mass is 79.9. The largest absolute Gasteiger partial charge is 0.522 e. The summed E-state index contributed by atoms with van der Waals surface area (Å²) in [7, 11) is 0. The van der Waals surface area contributed by atoms with Gasteiger partial charge < -0.3 is 14.6 Å². The number of amides is 2. The number of benzene rings is 1. The molecule has 2 amide bonds. The average molecular weight is 568 g/mol. The fraction of sp³-hybridized carbons (Fsp3) is 0.435. The molecule has 3 heterocycles. The molecule has 2 aromatic heterocycles. The number of fused-ring (bicyclic) bond motifs is 1. The van der Waals surface area contributed by atoms with Crippen LogP contribution in [-0.2, 0) is 4.74 Å². The van der Waals surface area contributed by atoms with Gasteiger partial charge in [0.2, 0.25) is 5.89 Å². The van der Waals surface area contributed by atoms with Gasteiger partial charge in [-0.3, -0.25) is 19.3 Å². The lowest BCUT2D eigenvalue weighted by Crippen LogP contribution is -2.46. The van der Waals surface area contributed by atoms with Gasteiger partial charge in [-0.2, -0.15) is 0 Å². The molecule has 3 aromatic rings. The van der Waals surface area contributed by atoms with Gasteiger partial charge in [0.05, 0.1) is 17.2 Å². The Morgan fingerprint density at radius 1 is 1.14 bits per heavy atom. The molecule has 190 valence electrons. The van der Waals surface area contributed by atoms with Crippen molar-refractivity contribution in [3.8, 4) is 0 Å². The van der Waals surface area contributed by atoms with E-state index >= 15 is 0 Å². The van der Waals surface area contributed by atoms with Gasteiger partial charge in [-0.25, -0.2) is 0 Å². The monoisotopic (exact) mass is 567 g/mol. The fourth-order valence-corrected chi connectivity index (χ4v) is 4.77. The minimum absolute atomic E-state index is 0.102. The van der Waals surface area contributed by atoms with E-state index in [0.29, 0.717) is 31.5 Å². The summed E-state index contributed by atoms with van der Waals surface area (Å²) in [5.74, 6) is -1.09. The standard InChI is InChI=1S/C23H21BrF3N5O4/c24-15-1-2-18-12(8-15)7-14(11-28-18)19(33)29-16-3-5-32(6-4-16)22(34)21-31-30-20(35-21)13-9-17(10-13)36-23(25,26)27/h1-2,7-8,11,13,16-17H,3-6,9-10H2,(H,29,33). The molecule has 5 rings (SSSR count). The maximum atomic E-state index is 12.8. The van der Waals surface area contributed by atoms with Gasteiger partial charge in [-0.15, -0.1) is 23.4 Å². The van der Waals surface area contributed by atoms with Crippen LogP contribution in [-0.4, -0.2) is 63.5 Å². The molecule has 0 radical (unpaired) electrons. The zero-order valence-corrected chi connectivity index (χ0v) is 20.4. The van der Waals surface area contributed by atoms with Crippen LogP contribution in [0.2, 0.25) is 0 Å². The lowest BCUT2D eigenvalue weighted by Gasteiger charge is -2.33. The second kappa shape index (κ2) is 9.77. The molecule has 1 N–H and O–H groups in total. The topological polar surface area (TPSA) is 110 Å². The molecular weight excluding hydrogens is 547 g/mol. The van der Waals surface area contributed by atoms with E-state index in [1.54, 1.807) is 11.0 Å². The number of ether oxygens (including phenoxy) is 1. The highest BCUT2D eigenvalue weighted by molar-refractivity contribution is 9.10. The summed E-state index contributed by atoms with van der Waals surface area (Å²) in [6.07, 6.45) is -2.79. The normalized spacial score (nSPS) is 20.8. The zero-order valence-electron chi connectivity index (χ0n) is 18.8. The van der Waals surface area contributed by atoms with Crippen LogP contribution < -0.4 is 5.32 Å². The summed E-state index contributed by atoms with van der Waals surface area (Å²) in [5.41, 5.74) is 1.24. The second-order valence-electron chi connectivity index (χ2n) is 8.90. The van der Waals surface area contributed by atoms with Gasteiger partial charge in [-0.05, 0) is 49.9 Å². The number of rotatable bonds is 5. The minimum Gasteiger partial charge on any atom is -0.417 e. The number of piperidine rings is 1. The molecule has 2 aliphatic rings. The number of hydrogen-bond donors (Lipinski definition) is 1. The van der Waals surface area contributed by atoms with Crippen LogP contribution in [0.3, 0.4) is 0 Å². The number of nitrogens with one attached hydrogen (secondary N) is 1. The Labute approximate surface area is 211 Å². The smallest absolute Gasteiger partial charge is 0.417 e. The molecule has 13 heteroatoms. The number of halogens is 4. The number of likely N-dealkylation sites (tertiary alicyclic amines) is 1. The summed E-state index contributed by atoms with van der Waals surface area (Å²) in [4.78, 5) is 31.4. The van der Waals surface area contributed by atoms with Crippen LogP contribution in [0, 0.1) is 0 Å². The Hall–Kier alpha value is -3.06. The molecule has 0 atom stereocenters. The molecule has 0 spiro atoms. The first kappa shape index (κ1) is 24.6. The molecule has 1 aliphatic heterocycles. The van der Waals surface area contributed by atoms with Crippen molar-refractivity contribution in [3.05, 3.63) is 52.3 Å². The Morgan fingerprint density at radius 3 is 2.61 bits per heavy atom. The summed E-state index contributed by atoms with van der Waals surface area (Å²) >= 11 is 3.42. The Morgan fingerprint density at radius 2 is 1.89 bits per heavy atom. The van der Waals surface area contributed by atoms with Crippen LogP contribution in [0.4, 0.5) is 13.2 Å². The number of carbonyl (C=O) groups excluding carboxylic acids is 2. The molecular formula is C23H21BrF3N5O4. The van der Waals surface area contributed by atoms with Gasteiger partial charge in [0.25, 0.3) is 5.91 Å². The van der Waals surface area contributed by atoms with Crippen molar-refractivity contribution in [2.24, 2.45) is 0 Å². The van der Waals surface area contributed by atoms with E-state index in [9.17, 15) is 22.8 Å².